The van der Waals surface area contributed by atoms with Crippen molar-refractivity contribution in [1.29, 1.82) is 0 Å². The first-order valence-electron chi connectivity index (χ1n) is 10.3. The minimum absolute atomic E-state index is 0.00507. The Morgan fingerprint density at radius 1 is 1.20 bits per heavy atom. The van der Waals surface area contributed by atoms with Gasteiger partial charge in [0.2, 0.25) is 5.91 Å². The first-order valence-corrected chi connectivity index (χ1v) is 11.2. The second-order valence-corrected chi connectivity index (χ2v) is 9.66. The smallest absolute Gasteiger partial charge is 0.233 e. The molecule has 0 fully saturated rings. The molecule has 3 rings (SSSR count). The van der Waals surface area contributed by atoms with Crippen LogP contribution in [0.3, 0.4) is 0 Å². The van der Waals surface area contributed by atoms with Gasteiger partial charge in [-0.15, -0.1) is 10.2 Å². The number of aromatic nitrogens is 3. The van der Waals surface area contributed by atoms with Crippen molar-refractivity contribution in [3.8, 4) is 11.4 Å². The lowest BCUT2D eigenvalue weighted by atomic mass is 9.87. The highest BCUT2D eigenvalue weighted by Gasteiger charge is 2.22. The summed E-state index contributed by atoms with van der Waals surface area (Å²) >= 11 is 1.41. The van der Waals surface area contributed by atoms with Crippen molar-refractivity contribution in [2.75, 3.05) is 6.54 Å². The van der Waals surface area contributed by atoms with E-state index < -0.39 is 0 Å². The maximum absolute atomic E-state index is 12.3. The van der Waals surface area contributed by atoms with E-state index in [1.807, 2.05) is 30.5 Å². The number of hydrogen-bond donors (Lipinski definition) is 1. The number of rotatable bonds is 8. The Kier molecular flexibility index (Phi) is 7.02. The second-order valence-electron chi connectivity index (χ2n) is 8.35. The van der Waals surface area contributed by atoms with Crippen LogP contribution in [0.1, 0.15) is 52.4 Å². The van der Waals surface area contributed by atoms with Crippen LogP contribution in [-0.2, 0) is 16.8 Å². The highest BCUT2D eigenvalue weighted by molar-refractivity contribution is 8.00. The Labute approximate surface area is 182 Å². The quantitative estimate of drug-likeness (QED) is 0.519. The van der Waals surface area contributed by atoms with E-state index in [0.717, 1.165) is 23.6 Å². The first kappa shape index (κ1) is 22.2. The number of benzene rings is 1. The summed E-state index contributed by atoms with van der Waals surface area (Å²) in [7, 11) is 0. The van der Waals surface area contributed by atoms with Crippen molar-refractivity contribution in [2.24, 2.45) is 0 Å². The molecule has 0 unspecified atom stereocenters. The molecule has 0 aliphatic heterocycles. The number of hydrogen-bond acceptors (Lipinski definition) is 5. The van der Waals surface area contributed by atoms with E-state index in [1.165, 1.54) is 17.3 Å². The van der Waals surface area contributed by atoms with Gasteiger partial charge in [-0.2, -0.15) is 0 Å². The lowest BCUT2D eigenvalue weighted by molar-refractivity contribution is -0.120. The summed E-state index contributed by atoms with van der Waals surface area (Å²) in [5.74, 6) is 1.58. The highest BCUT2D eigenvalue weighted by Crippen LogP contribution is 2.30. The molecule has 1 aromatic carbocycles. The molecule has 0 aliphatic carbocycles. The van der Waals surface area contributed by atoms with Crippen LogP contribution in [-0.4, -0.2) is 32.5 Å². The molecule has 160 valence electrons. The van der Waals surface area contributed by atoms with Crippen molar-refractivity contribution < 1.29 is 9.21 Å². The number of carbonyl (C=O) groups excluding carboxylic acids is 1. The van der Waals surface area contributed by atoms with Crippen LogP contribution in [0.2, 0.25) is 0 Å². The Morgan fingerprint density at radius 3 is 2.53 bits per heavy atom. The maximum atomic E-state index is 12.3. The number of nitrogens with one attached hydrogen (secondary N) is 1. The number of amides is 1. The summed E-state index contributed by atoms with van der Waals surface area (Å²) in [6.07, 6.45) is 2.57. The fraction of sp³-hybridized carbons (Fsp3) is 0.435. The Balaban J connectivity index is 1.91. The van der Waals surface area contributed by atoms with Crippen LogP contribution >= 0.6 is 11.8 Å². The van der Waals surface area contributed by atoms with Crippen LogP contribution in [0.25, 0.3) is 11.4 Å². The van der Waals surface area contributed by atoms with E-state index in [4.69, 9.17) is 4.42 Å². The Bertz CT molecular complexity index is 956. The van der Waals surface area contributed by atoms with Crippen molar-refractivity contribution in [2.45, 2.75) is 63.4 Å². The molecule has 3 aromatic rings. The van der Waals surface area contributed by atoms with Crippen LogP contribution < -0.4 is 5.32 Å². The molecular formula is C23H30N4O2S. The molecule has 0 aliphatic rings. The minimum atomic E-state index is -0.271. The molecule has 0 spiro atoms. The van der Waals surface area contributed by atoms with Gasteiger partial charge in [-0.05, 0) is 36.5 Å². The molecule has 1 amide bonds. The topological polar surface area (TPSA) is 73.0 Å². The average Bonchev–Trinajstić information content (AvgIpc) is 3.36. The lowest BCUT2D eigenvalue weighted by Crippen LogP contribution is -2.31. The molecule has 30 heavy (non-hydrogen) atoms. The fourth-order valence-corrected chi connectivity index (χ4v) is 3.89. The van der Waals surface area contributed by atoms with Gasteiger partial charge in [-0.25, -0.2) is 0 Å². The molecular weight excluding hydrogens is 396 g/mol. The van der Waals surface area contributed by atoms with E-state index in [0.29, 0.717) is 18.2 Å². The van der Waals surface area contributed by atoms with E-state index in [1.54, 1.807) is 6.26 Å². The summed E-state index contributed by atoms with van der Waals surface area (Å²) in [6, 6.07) is 12.2. The van der Waals surface area contributed by atoms with Gasteiger partial charge >= 0.3 is 0 Å². The summed E-state index contributed by atoms with van der Waals surface area (Å²) in [5.41, 5.74) is 2.33. The van der Waals surface area contributed by atoms with Gasteiger partial charge in [0, 0.05) is 12.1 Å². The van der Waals surface area contributed by atoms with Gasteiger partial charge in [0.25, 0.3) is 0 Å². The molecule has 0 saturated heterocycles. The largest absolute Gasteiger partial charge is 0.467 e. The maximum Gasteiger partial charge on any atom is 0.233 e. The van der Waals surface area contributed by atoms with Gasteiger partial charge in [0.1, 0.15) is 5.76 Å². The van der Waals surface area contributed by atoms with Gasteiger partial charge in [-0.3, -0.25) is 9.36 Å². The number of carbonyl (C=O) groups is 1. The van der Waals surface area contributed by atoms with Crippen LogP contribution in [0, 0.1) is 0 Å². The molecule has 0 radical (unpaired) electrons. The van der Waals surface area contributed by atoms with Gasteiger partial charge in [-0.1, -0.05) is 63.7 Å². The van der Waals surface area contributed by atoms with Gasteiger partial charge in [0.05, 0.1) is 18.1 Å². The third-order valence-corrected chi connectivity index (χ3v) is 5.90. The van der Waals surface area contributed by atoms with Crippen LogP contribution in [0.5, 0.6) is 0 Å². The minimum Gasteiger partial charge on any atom is -0.467 e. The van der Waals surface area contributed by atoms with Crippen molar-refractivity contribution in [1.82, 2.24) is 20.1 Å². The predicted octanol–water partition coefficient (Wildman–Crippen LogP) is 4.89. The zero-order chi connectivity index (χ0) is 21.7. The Morgan fingerprint density at radius 2 is 1.93 bits per heavy atom. The van der Waals surface area contributed by atoms with E-state index in [2.05, 4.69) is 60.6 Å². The summed E-state index contributed by atoms with van der Waals surface area (Å²) < 4.78 is 7.57. The van der Waals surface area contributed by atoms with Crippen molar-refractivity contribution >= 4 is 17.7 Å². The van der Waals surface area contributed by atoms with E-state index >= 15 is 0 Å². The molecule has 2 aromatic heterocycles. The predicted molar refractivity (Wildman–Crippen MR) is 121 cm³/mol. The van der Waals surface area contributed by atoms with Gasteiger partial charge in [0.15, 0.2) is 11.0 Å². The first-order chi connectivity index (χ1) is 14.3. The lowest BCUT2D eigenvalue weighted by Gasteiger charge is -2.19. The molecule has 6 nitrogen and oxygen atoms in total. The molecule has 1 N–H and O–H groups in total. The SMILES string of the molecule is CCCNC(=O)[C@H](C)Sc1nnc(-c2ccc(C(C)(C)C)cc2)n1Cc1ccco1. The van der Waals surface area contributed by atoms with E-state index in [-0.39, 0.29) is 16.6 Å². The summed E-state index contributed by atoms with van der Waals surface area (Å²) in [4.78, 5) is 12.3. The third-order valence-electron chi connectivity index (χ3n) is 4.82. The number of nitrogens with zero attached hydrogens (tertiary/aromatic N) is 3. The monoisotopic (exact) mass is 426 g/mol. The number of furan rings is 1. The van der Waals surface area contributed by atoms with E-state index in [9.17, 15) is 4.79 Å². The van der Waals surface area contributed by atoms with Crippen LogP contribution in [0.4, 0.5) is 0 Å². The second kappa shape index (κ2) is 9.51. The molecule has 0 bridgehead atoms. The standard InChI is InChI=1S/C23H30N4O2S/c1-6-13-24-21(28)16(2)30-22-26-25-20(27(22)15-19-8-7-14-29-19)17-9-11-18(12-10-17)23(3,4)5/h7-12,14,16H,6,13,15H2,1-5H3,(H,24,28)/t16-/m0/s1. The summed E-state index contributed by atoms with van der Waals surface area (Å²) in [5, 5.41) is 12.2. The third kappa shape index (κ3) is 5.33. The zero-order valence-corrected chi connectivity index (χ0v) is 19.1. The average molecular weight is 427 g/mol. The molecule has 0 saturated carbocycles. The van der Waals surface area contributed by atoms with Gasteiger partial charge < -0.3 is 9.73 Å². The molecule has 2 heterocycles. The normalized spacial score (nSPS) is 12.7. The summed E-state index contributed by atoms with van der Waals surface area (Å²) in [6.45, 7) is 11.7. The fourth-order valence-electron chi connectivity index (χ4n) is 3.01. The highest BCUT2D eigenvalue weighted by atomic mass is 32.2. The van der Waals surface area contributed by atoms with Crippen molar-refractivity contribution in [3.05, 3.63) is 54.0 Å². The van der Waals surface area contributed by atoms with Crippen LogP contribution in [0.15, 0.2) is 52.2 Å². The Hall–Kier alpha value is -2.54. The zero-order valence-electron chi connectivity index (χ0n) is 18.3. The van der Waals surface area contributed by atoms with Crippen molar-refractivity contribution in [3.63, 3.8) is 0 Å². The molecule has 1 atom stereocenters. The number of thioether (sulfide) groups is 1. The molecule has 7 heteroatoms.